The molecule has 0 saturated carbocycles. The molecule has 0 aliphatic carbocycles. The van der Waals surface area contributed by atoms with Gasteiger partial charge in [0, 0.05) is 12.0 Å². The molecule has 0 radical (unpaired) electrons. The van der Waals surface area contributed by atoms with E-state index >= 15 is 0 Å². The summed E-state index contributed by atoms with van der Waals surface area (Å²) in [6, 6.07) is 6.83. The monoisotopic (exact) mass is 376 g/mol. The van der Waals surface area contributed by atoms with E-state index in [4.69, 9.17) is 4.74 Å². The number of imidazole rings is 1. The van der Waals surface area contributed by atoms with Crippen LogP contribution in [0.1, 0.15) is 5.69 Å². The SMILES string of the molecule is Cl.Oc1ccc(-c2nc(Br)c3n2C[C@@H](CF)OCC3)cc1. The van der Waals surface area contributed by atoms with Gasteiger partial charge in [0.2, 0.25) is 0 Å². The maximum absolute atomic E-state index is 12.9. The topological polar surface area (TPSA) is 47.3 Å². The van der Waals surface area contributed by atoms with E-state index in [-0.39, 0.29) is 18.2 Å². The van der Waals surface area contributed by atoms with Crippen LogP contribution in [-0.2, 0) is 17.7 Å². The highest BCUT2D eigenvalue weighted by molar-refractivity contribution is 9.10. The van der Waals surface area contributed by atoms with Gasteiger partial charge in [0.05, 0.1) is 18.8 Å². The summed E-state index contributed by atoms with van der Waals surface area (Å²) in [5.41, 5.74) is 1.90. The molecule has 114 valence electrons. The Morgan fingerprint density at radius 3 is 2.76 bits per heavy atom. The highest BCUT2D eigenvalue weighted by atomic mass is 79.9. The molecule has 0 fully saturated rings. The average Bonchev–Trinajstić information content (AvgIpc) is 2.65. The molecule has 1 N–H and O–H groups in total. The third-order valence-corrected chi connectivity index (χ3v) is 4.03. The Kier molecular flexibility index (Phi) is 5.24. The Balaban J connectivity index is 0.00000161. The van der Waals surface area contributed by atoms with Crippen LogP contribution in [0, 0.1) is 0 Å². The molecule has 2 heterocycles. The van der Waals surface area contributed by atoms with Crippen LogP contribution in [0.2, 0.25) is 0 Å². The molecular formula is C14H15BrClFN2O2. The van der Waals surface area contributed by atoms with Crippen molar-refractivity contribution in [3.8, 4) is 17.1 Å². The molecule has 0 bridgehead atoms. The van der Waals surface area contributed by atoms with Crippen LogP contribution >= 0.6 is 28.3 Å². The molecule has 3 rings (SSSR count). The number of benzene rings is 1. The first-order valence-electron chi connectivity index (χ1n) is 6.41. The summed E-state index contributed by atoms with van der Waals surface area (Å²) in [6.45, 7) is 0.429. The number of hydrogen-bond acceptors (Lipinski definition) is 3. The zero-order chi connectivity index (χ0) is 14.1. The van der Waals surface area contributed by atoms with Crippen molar-refractivity contribution in [2.75, 3.05) is 13.3 Å². The molecule has 0 unspecified atom stereocenters. The molecule has 0 amide bonds. The highest BCUT2D eigenvalue weighted by Gasteiger charge is 2.23. The van der Waals surface area contributed by atoms with Gasteiger partial charge in [0.1, 0.15) is 29.0 Å². The minimum absolute atomic E-state index is 0. The normalized spacial score (nSPS) is 17.7. The molecule has 1 aliphatic heterocycles. The van der Waals surface area contributed by atoms with Crippen molar-refractivity contribution in [3.05, 3.63) is 34.6 Å². The smallest absolute Gasteiger partial charge is 0.141 e. The number of aromatic hydroxyl groups is 1. The fourth-order valence-electron chi connectivity index (χ4n) is 2.39. The second kappa shape index (κ2) is 6.77. The largest absolute Gasteiger partial charge is 0.508 e. The Bertz CT molecular complexity index is 618. The number of phenolic OH excluding ortho intramolecular Hbond substituents is 1. The van der Waals surface area contributed by atoms with Crippen LogP contribution in [0.15, 0.2) is 28.9 Å². The number of fused-ring (bicyclic) bond motifs is 1. The lowest BCUT2D eigenvalue weighted by Crippen LogP contribution is -2.21. The van der Waals surface area contributed by atoms with Crippen molar-refractivity contribution >= 4 is 28.3 Å². The number of alkyl halides is 1. The Morgan fingerprint density at radius 1 is 1.38 bits per heavy atom. The summed E-state index contributed by atoms with van der Waals surface area (Å²) >= 11 is 3.46. The Morgan fingerprint density at radius 2 is 2.10 bits per heavy atom. The first kappa shape index (κ1) is 16.3. The molecule has 1 aliphatic rings. The first-order chi connectivity index (χ1) is 9.69. The van der Waals surface area contributed by atoms with Gasteiger partial charge >= 0.3 is 0 Å². The lowest BCUT2D eigenvalue weighted by atomic mass is 10.2. The number of halogens is 3. The fourth-order valence-corrected chi connectivity index (χ4v) is 2.97. The second-order valence-electron chi connectivity index (χ2n) is 4.73. The van der Waals surface area contributed by atoms with E-state index in [9.17, 15) is 9.50 Å². The lowest BCUT2D eigenvalue weighted by molar-refractivity contribution is 0.0355. The van der Waals surface area contributed by atoms with E-state index in [1.807, 2.05) is 4.57 Å². The summed E-state index contributed by atoms with van der Waals surface area (Å²) in [5.74, 6) is 0.969. The lowest BCUT2D eigenvalue weighted by Gasteiger charge is -2.14. The maximum Gasteiger partial charge on any atom is 0.141 e. The van der Waals surface area contributed by atoms with Crippen LogP contribution in [0.25, 0.3) is 11.4 Å². The molecule has 0 saturated heterocycles. The number of phenols is 1. The fraction of sp³-hybridized carbons (Fsp3) is 0.357. The molecule has 1 aromatic carbocycles. The van der Waals surface area contributed by atoms with Gasteiger partial charge in [-0.1, -0.05) is 0 Å². The highest BCUT2D eigenvalue weighted by Crippen LogP contribution is 2.29. The molecule has 7 heteroatoms. The predicted octanol–water partition coefficient (Wildman–Crippen LogP) is 3.35. The second-order valence-corrected chi connectivity index (χ2v) is 5.48. The van der Waals surface area contributed by atoms with E-state index in [0.29, 0.717) is 19.6 Å². The first-order valence-corrected chi connectivity index (χ1v) is 7.20. The number of ether oxygens (including phenoxy) is 1. The number of rotatable bonds is 2. The van der Waals surface area contributed by atoms with Gasteiger partial charge in [-0.05, 0) is 40.2 Å². The summed E-state index contributed by atoms with van der Waals surface area (Å²) in [4.78, 5) is 4.52. The van der Waals surface area contributed by atoms with Gasteiger partial charge < -0.3 is 14.4 Å². The number of aromatic nitrogens is 2. The standard InChI is InChI=1S/C14H14BrFN2O2.ClH/c15-13-12-5-6-20-11(7-16)8-18(12)14(17-13)9-1-3-10(19)4-2-9;/h1-4,11,19H,5-8H2;1H/t11-;/m1./s1. The van der Waals surface area contributed by atoms with E-state index in [2.05, 4.69) is 20.9 Å². The molecule has 21 heavy (non-hydrogen) atoms. The van der Waals surface area contributed by atoms with Crippen LogP contribution < -0.4 is 0 Å². The van der Waals surface area contributed by atoms with E-state index in [0.717, 1.165) is 21.7 Å². The Labute approximate surface area is 136 Å². The van der Waals surface area contributed by atoms with Crippen molar-refractivity contribution in [3.63, 3.8) is 0 Å². The van der Waals surface area contributed by atoms with Crippen molar-refractivity contribution < 1.29 is 14.2 Å². The molecule has 4 nitrogen and oxygen atoms in total. The van der Waals surface area contributed by atoms with E-state index in [1.54, 1.807) is 24.3 Å². The van der Waals surface area contributed by atoms with Crippen molar-refractivity contribution in [2.24, 2.45) is 0 Å². The van der Waals surface area contributed by atoms with Crippen molar-refractivity contribution in [1.82, 2.24) is 9.55 Å². The summed E-state index contributed by atoms with van der Waals surface area (Å²) in [7, 11) is 0. The van der Waals surface area contributed by atoms with Gasteiger partial charge in [0.25, 0.3) is 0 Å². The predicted molar refractivity (Wildman–Crippen MR) is 83.7 cm³/mol. The van der Waals surface area contributed by atoms with Gasteiger partial charge in [-0.25, -0.2) is 9.37 Å². The third-order valence-electron chi connectivity index (χ3n) is 3.40. The van der Waals surface area contributed by atoms with Gasteiger partial charge in [-0.2, -0.15) is 0 Å². The van der Waals surface area contributed by atoms with Gasteiger partial charge in [-0.3, -0.25) is 0 Å². The number of hydrogen-bond donors (Lipinski definition) is 1. The molecule has 1 aromatic heterocycles. The third kappa shape index (κ3) is 3.22. The van der Waals surface area contributed by atoms with E-state index < -0.39 is 12.8 Å². The Hall–Kier alpha value is -1.11. The van der Waals surface area contributed by atoms with Crippen LogP contribution in [0.4, 0.5) is 4.39 Å². The zero-order valence-electron chi connectivity index (χ0n) is 11.1. The minimum atomic E-state index is -0.510. The quantitative estimate of drug-likeness (QED) is 0.873. The van der Waals surface area contributed by atoms with Crippen LogP contribution in [0.5, 0.6) is 5.75 Å². The van der Waals surface area contributed by atoms with Crippen molar-refractivity contribution in [1.29, 1.82) is 0 Å². The van der Waals surface area contributed by atoms with Crippen LogP contribution in [-0.4, -0.2) is 34.0 Å². The molecule has 0 spiro atoms. The zero-order valence-corrected chi connectivity index (χ0v) is 13.5. The van der Waals surface area contributed by atoms with Crippen molar-refractivity contribution in [2.45, 2.75) is 19.1 Å². The maximum atomic E-state index is 12.9. The summed E-state index contributed by atoms with van der Waals surface area (Å²) < 4.78 is 21.2. The van der Waals surface area contributed by atoms with Gasteiger partial charge in [-0.15, -0.1) is 12.4 Å². The summed E-state index contributed by atoms with van der Waals surface area (Å²) in [6.07, 6.45) is 0.260. The molecular weight excluding hydrogens is 363 g/mol. The summed E-state index contributed by atoms with van der Waals surface area (Å²) in [5, 5.41) is 9.37. The van der Waals surface area contributed by atoms with E-state index in [1.165, 1.54) is 0 Å². The minimum Gasteiger partial charge on any atom is -0.508 e. The average molecular weight is 378 g/mol. The molecule has 1 atom stereocenters. The van der Waals surface area contributed by atoms with Crippen LogP contribution in [0.3, 0.4) is 0 Å². The van der Waals surface area contributed by atoms with Gasteiger partial charge in [0.15, 0.2) is 0 Å². The number of nitrogens with zero attached hydrogens (tertiary/aromatic N) is 2. The molecule has 2 aromatic rings.